The molecule has 0 aromatic carbocycles. The van der Waals surface area contributed by atoms with Crippen LogP contribution in [-0.4, -0.2) is 80.5 Å². The van der Waals surface area contributed by atoms with Crippen LogP contribution in [-0.2, 0) is 4.79 Å². The van der Waals surface area contributed by atoms with Gasteiger partial charge in [0.1, 0.15) is 18.3 Å². The first-order valence-corrected chi connectivity index (χ1v) is 15.5. The molecular formula is C30H61NO6. The van der Waals surface area contributed by atoms with Crippen LogP contribution in [0.3, 0.4) is 0 Å². The Morgan fingerprint density at radius 1 is 0.541 bits per heavy atom. The van der Waals surface area contributed by atoms with Crippen molar-refractivity contribution in [3.63, 3.8) is 0 Å². The lowest BCUT2D eigenvalue weighted by Gasteiger charge is -2.30. The summed E-state index contributed by atoms with van der Waals surface area (Å²) < 4.78 is 0. The molecule has 5 N–H and O–H groups in total. The quantitative estimate of drug-likeness (QED) is 0.0941. The molecule has 0 radical (unpaired) electrons. The van der Waals surface area contributed by atoms with E-state index in [-0.39, 0.29) is 0 Å². The van der Waals surface area contributed by atoms with Crippen LogP contribution in [0.1, 0.15) is 142 Å². The number of nitrogens with zero attached hydrogens (tertiary/aromatic N) is 1. The van der Waals surface area contributed by atoms with Gasteiger partial charge in [-0.05, 0) is 12.8 Å². The van der Waals surface area contributed by atoms with E-state index in [0.29, 0.717) is 13.1 Å². The van der Waals surface area contributed by atoms with Gasteiger partial charge in [0, 0.05) is 13.1 Å². The molecule has 0 aromatic rings. The Morgan fingerprint density at radius 2 is 0.865 bits per heavy atom. The van der Waals surface area contributed by atoms with Gasteiger partial charge in [-0.1, -0.05) is 129 Å². The molecule has 0 aromatic heterocycles. The number of hydrogen-bond acceptors (Lipinski definition) is 6. The molecule has 0 heterocycles. The first-order chi connectivity index (χ1) is 17.9. The molecule has 0 aliphatic carbocycles. The predicted octanol–water partition coefficient (Wildman–Crippen LogP) is 5.09. The number of rotatable bonds is 27. The fraction of sp³-hybridized carbons (Fsp3) is 0.967. The van der Waals surface area contributed by atoms with Crippen molar-refractivity contribution in [2.75, 3.05) is 19.7 Å². The van der Waals surface area contributed by atoms with Crippen molar-refractivity contribution in [1.29, 1.82) is 0 Å². The number of hydrogen-bond donors (Lipinski definition) is 5. The minimum Gasteiger partial charge on any atom is -0.394 e. The largest absolute Gasteiger partial charge is 0.394 e. The molecule has 0 aliphatic heterocycles. The molecule has 222 valence electrons. The van der Waals surface area contributed by atoms with E-state index in [9.17, 15) is 25.2 Å². The van der Waals surface area contributed by atoms with Gasteiger partial charge < -0.3 is 30.4 Å². The summed E-state index contributed by atoms with van der Waals surface area (Å²) in [4.78, 5) is 14.5. The molecule has 4 atom stereocenters. The highest BCUT2D eigenvalue weighted by atomic mass is 16.4. The highest BCUT2D eigenvalue weighted by Gasteiger charge is 2.36. The summed E-state index contributed by atoms with van der Waals surface area (Å²) in [7, 11) is 0. The van der Waals surface area contributed by atoms with Crippen LogP contribution in [0.5, 0.6) is 0 Å². The topological polar surface area (TPSA) is 121 Å². The lowest BCUT2D eigenvalue weighted by molar-refractivity contribution is -0.158. The molecule has 0 unspecified atom stereocenters. The molecule has 1 amide bonds. The highest BCUT2D eigenvalue weighted by molar-refractivity contribution is 5.81. The molecule has 7 heteroatoms. The second-order valence-electron chi connectivity index (χ2n) is 10.9. The number of carbonyl (C=O) groups is 1. The van der Waals surface area contributed by atoms with Crippen LogP contribution in [0, 0.1) is 0 Å². The summed E-state index contributed by atoms with van der Waals surface area (Å²) in [5.41, 5.74) is 0. The van der Waals surface area contributed by atoms with Crippen LogP contribution >= 0.6 is 0 Å². The second kappa shape index (κ2) is 25.5. The van der Waals surface area contributed by atoms with E-state index in [4.69, 9.17) is 5.11 Å². The summed E-state index contributed by atoms with van der Waals surface area (Å²) in [5, 5.41) is 49.1. The van der Waals surface area contributed by atoms with Crippen LogP contribution in [0.2, 0.25) is 0 Å². The maximum absolute atomic E-state index is 12.9. The molecule has 0 saturated heterocycles. The third-order valence-corrected chi connectivity index (χ3v) is 7.38. The molecule has 37 heavy (non-hydrogen) atoms. The molecule has 0 fully saturated rings. The van der Waals surface area contributed by atoms with Gasteiger partial charge in [0.2, 0.25) is 0 Å². The first-order valence-electron chi connectivity index (χ1n) is 15.5. The monoisotopic (exact) mass is 531 g/mol. The zero-order valence-electron chi connectivity index (χ0n) is 24.2. The number of aliphatic hydroxyl groups excluding tert-OH is 5. The molecule has 7 nitrogen and oxygen atoms in total. The highest BCUT2D eigenvalue weighted by Crippen LogP contribution is 2.15. The maximum Gasteiger partial charge on any atom is 0.254 e. The van der Waals surface area contributed by atoms with Crippen LogP contribution in [0.15, 0.2) is 0 Å². The van der Waals surface area contributed by atoms with Crippen LogP contribution in [0.25, 0.3) is 0 Å². The van der Waals surface area contributed by atoms with Gasteiger partial charge in [0.05, 0.1) is 6.61 Å². The van der Waals surface area contributed by atoms with E-state index in [2.05, 4.69) is 13.8 Å². The fourth-order valence-electron chi connectivity index (χ4n) is 4.77. The van der Waals surface area contributed by atoms with E-state index in [1.807, 2.05) is 0 Å². The Bertz CT molecular complexity index is 482. The minimum absolute atomic E-state index is 0.509. The zero-order chi connectivity index (χ0) is 27.7. The minimum atomic E-state index is -1.85. The van der Waals surface area contributed by atoms with Crippen molar-refractivity contribution < 1.29 is 30.3 Å². The van der Waals surface area contributed by atoms with Crippen LogP contribution < -0.4 is 0 Å². The van der Waals surface area contributed by atoms with Crippen molar-refractivity contribution in [1.82, 2.24) is 4.90 Å². The van der Waals surface area contributed by atoms with Crippen molar-refractivity contribution in [3.8, 4) is 0 Å². The van der Waals surface area contributed by atoms with Crippen molar-refractivity contribution in [2.45, 2.75) is 167 Å². The molecule has 0 bridgehead atoms. The summed E-state index contributed by atoms with van der Waals surface area (Å²) in [6.07, 6.45) is 16.8. The summed E-state index contributed by atoms with van der Waals surface area (Å²) in [6, 6.07) is 0. The Hall–Kier alpha value is -0.730. The average molecular weight is 532 g/mol. The number of amides is 1. The van der Waals surface area contributed by atoms with Gasteiger partial charge in [-0.3, -0.25) is 4.79 Å². The predicted molar refractivity (Wildman–Crippen MR) is 151 cm³/mol. The molecular weight excluding hydrogens is 470 g/mol. The first kappa shape index (κ1) is 36.3. The van der Waals surface area contributed by atoms with Gasteiger partial charge in [-0.25, -0.2) is 0 Å². The lowest BCUT2D eigenvalue weighted by Crippen LogP contribution is -2.53. The Balaban J connectivity index is 4.47. The summed E-state index contributed by atoms with van der Waals surface area (Å²) in [6.45, 7) is 4.71. The number of aliphatic hydroxyl groups is 5. The fourth-order valence-corrected chi connectivity index (χ4v) is 4.77. The second-order valence-corrected chi connectivity index (χ2v) is 10.9. The number of carbonyl (C=O) groups excluding carboxylic acids is 1. The molecule has 0 aliphatic rings. The van der Waals surface area contributed by atoms with Crippen molar-refractivity contribution in [2.24, 2.45) is 0 Å². The Kier molecular flexibility index (Phi) is 25.0. The lowest BCUT2D eigenvalue weighted by atomic mass is 10.0. The van der Waals surface area contributed by atoms with Gasteiger partial charge in [0.25, 0.3) is 5.91 Å². The van der Waals surface area contributed by atoms with Gasteiger partial charge in [0.15, 0.2) is 6.10 Å². The van der Waals surface area contributed by atoms with Crippen molar-refractivity contribution >= 4 is 5.91 Å². The summed E-state index contributed by atoms with van der Waals surface area (Å²) in [5.74, 6) is -0.622. The summed E-state index contributed by atoms with van der Waals surface area (Å²) >= 11 is 0. The Labute approximate surface area is 227 Å². The molecule has 0 saturated carbocycles. The zero-order valence-corrected chi connectivity index (χ0v) is 24.2. The smallest absolute Gasteiger partial charge is 0.254 e. The number of unbranched alkanes of at least 4 members (excludes halogenated alkanes) is 18. The SMILES string of the molecule is CCCCCCCCCCCCN(CCCCCCCCCCCC)C(=O)[C@H](O)[C@@H](O)[C@H](O)[C@H](O)CO. The van der Waals surface area contributed by atoms with Gasteiger partial charge in [-0.15, -0.1) is 0 Å². The van der Waals surface area contributed by atoms with E-state index >= 15 is 0 Å². The average Bonchev–Trinajstić information content (AvgIpc) is 2.91. The standard InChI is InChI=1S/C30H61NO6/c1-3-5-7-9-11-13-15-17-19-21-23-31(24-22-20-18-16-14-12-10-8-6-4-2)30(37)29(36)28(35)27(34)26(33)25-32/h26-29,32-36H,3-25H2,1-2H3/t26-,27-,28+,29-/m1/s1. The van der Waals surface area contributed by atoms with Gasteiger partial charge in [-0.2, -0.15) is 0 Å². The maximum atomic E-state index is 12.9. The Morgan fingerprint density at radius 3 is 1.19 bits per heavy atom. The van der Waals surface area contributed by atoms with Gasteiger partial charge >= 0.3 is 0 Å². The van der Waals surface area contributed by atoms with Crippen molar-refractivity contribution in [3.05, 3.63) is 0 Å². The third-order valence-electron chi connectivity index (χ3n) is 7.38. The van der Waals surface area contributed by atoms with E-state index in [0.717, 1.165) is 38.5 Å². The molecule has 0 rings (SSSR count). The van der Waals surface area contributed by atoms with E-state index < -0.39 is 36.9 Å². The van der Waals surface area contributed by atoms with E-state index in [1.54, 1.807) is 4.90 Å². The third kappa shape index (κ3) is 19.0. The van der Waals surface area contributed by atoms with Crippen LogP contribution in [0.4, 0.5) is 0 Å². The molecule has 0 spiro atoms. The van der Waals surface area contributed by atoms with E-state index in [1.165, 1.54) is 89.9 Å². The normalized spacial score (nSPS) is 14.9.